The molecule has 6 heteroatoms. The molecule has 2 aromatic rings. The maximum absolute atomic E-state index is 13.3. The zero-order valence-electron chi connectivity index (χ0n) is 8.08. The molecule has 1 aromatic carbocycles. The van der Waals surface area contributed by atoms with Crippen molar-refractivity contribution in [2.45, 2.75) is 6.42 Å². The molecule has 0 aliphatic carbocycles. The van der Waals surface area contributed by atoms with Crippen molar-refractivity contribution in [1.82, 2.24) is 15.4 Å². The number of benzene rings is 1. The number of hydrogen-bond donors (Lipinski definition) is 1. The molecule has 0 spiro atoms. The van der Waals surface area contributed by atoms with E-state index in [0.717, 1.165) is 0 Å². The number of rotatable bonds is 3. The molecule has 82 valence electrons. The van der Waals surface area contributed by atoms with E-state index in [0.29, 0.717) is 5.02 Å². The Balaban J connectivity index is 2.21. The summed E-state index contributed by atoms with van der Waals surface area (Å²) in [6, 6.07) is 4.09. The van der Waals surface area contributed by atoms with Gasteiger partial charge in [-0.15, -0.1) is 0 Å². The molecule has 4 nitrogen and oxygen atoms in total. The first-order valence-electron chi connectivity index (χ1n) is 4.49. The van der Waals surface area contributed by atoms with E-state index in [4.69, 9.17) is 11.6 Å². The van der Waals surface area contributed by atoms with Crippen molar-refractivity contribution in [2.75, 3.05) is 0 Å². The van der Waals surface area contributed by atoms with Gasteiger partial charge in [0, 0.05) is 11.4 Å². The van der Waals surface area contributed by atoms with Crippen LogP contribution in [0.4, 0.5) is 4.39 Å². The lowest BCUT2D eigenvalue weighted by Crippen LogP contribution is -2.05. The largest absolute Gasteiger partial charge is 0.292 e. The molecule has 0 amide bonds. The van der Waals surface area contributed by atoms with Gasteiger partial charge in [-0.05, 0) is 23.8 Å². The highest BCUT2D eigenvalue weighted by Crippen LogP contribution is 2.16. The number of carbonyl (C=O) groups is 1. The summed E-state index contributed by atoms with van der Waals surface area (Å²) in [4.78, 5) is 11.6. The highest BCUT2D eigenvalue weighted by Gasteiger charge is 2.12. The molecule has 0 radical (unpaired) electrons. The smallest absolute Gasteiger partial charge is 0.189 e. The van der Waals surface area contributed by atoms with Crippen LogP contribution < -0.4 is 0 Å². The van der Waals surface area contributed by atoms with Crippen LogP contribution in [0.3, 0.4) is 0 Å². The lowest BCUT2D eigenvalue weighted by molar-refractivity contribution is 0.0987. The minimum absolute atomic E-state index is 0.0844. The molecule has 0 fully saturated rings. The molecule has 0 atom stereocenters. The van der Waals surface area contributed by atoms with Crippen molar-refractivity contribution in [1.29, 1.82) is 0 Å². The second-order valence-corrected chi connectivity index (χ2v) is 3.63. The molecule has 0 unspecified atom stereocenters. The summed E-state index contributed by atoms with van der Waals surface area (Å²) >= 11 is 5.71. The van der Waals surface area contributed by atoms with E-state index in [2.05, 4.69) is 15.4 Å². The Bertz CT molecular complexity index is 513. The van der Waals surface area contributed by atoms with E-state index in [-0.39, 0.29) is 23.5 Å². The Morgan fingerprint density at radius 1 is 1.50 bits per heavy atom. The maximum atomic E-state index is 13.3. The number of nitrogens with one attached hydrogen (secondary N) is 1. The van der Waals surface area contributed by atoms with Crippen LogP contribution in [0, 0.1) is 5.82 Å². The van der Waals surface area contributed by atoms with Crippen molar-refractivity contribution < 1.29 is 9.18 Å². The van der Waals surface area contributed by atoms with Crippen molar-refractivity contribution in [3.63, 3.8) is 0 Å². The summed E-state index contributed by atoms with van der Waals surface area (Å²) in [6.45, 7) is 0. The Labute approximate surface area is 95.4 Å². The van der Waals surface area contributed by atoms with Gasteiger partial charge in [0.05, 0.1) is 6.20 Å². The van der Waals surface area contributed by atoms with Gasteiger partial charge in [-0.3, -0.25) is 4.79 Å². The first-order valence-corrected chi connectivity index (χ1v) is 4.87. The second kappa shape index (κ2) is 4.40. The zero-order chi connectivity index (χ0) is 11.5. The number of ketones is 1. The van der Waals surface area contributed by atoms with Crippen LogP contribution in [-0.2, 0) is 6.42 Å². The minimum atomic E-state index is -0.457. The molecule has 0 saturated carbocycles. The van der Waals surface area contributed by atoms with E-state index in [1.165, 1.54) is 24.4 Å². The molecular formula is C10H7ClFN3O. The van der Waals surface area contributed by atoms with Crippen molar-refractivity contribution in [3.05, 3.63) is 46.5 Å². The third kappa shape index (κ3) is 2.25. The van der Waals surface area contributed by atoms with Crippen LogP contribution >= 0.6 is 11.6 Å². The van der Waals surface area contributed by atoms with Gasteiger partial charge in [-0.1, -0.05) is 11.6 Å². The number of H-pyrrole nitrogens is 1. The summed E-state index contributed by atoms with van der Waals surface area (Å²) in [5.41, 5.74) is 0.430. The standard InChI is InChI=1S/C10H7ClFN3O/c11-7-1-2-8(12)6(3-7)4-10(16)9-5-13-15-14-9/h1-3,5H,4H2,(H,13,14,15). The van der Waals surface area contributed by atoms with Crippen molar-refractivity contribution >= 4 is 17.4 Å². The molecule has 0 aliphatic rings. The van der Waals surface area contributed by atoms with Crippen LogP contribution in [0.5, 0.6) is 0 Å². The lowest BCUT2D eigenvalue weighted by atomic mass is 10.1. The van der Waals surface area contributed by atoms with Gasteiger partial charge in [-0.2, -0.15) is 15.4 Å². The Kier molecular flexibility index (Phi) is 2.96. The van der Waals surface area contributed by atoms with Crippen LogP contribution in [0.1, 0.15) is 16.1 Å². The van der Waals surface area contributed by atoms with Crippen LogP contribution in [-0.4, -0.2) is 21.2 Å². The topological polar surface area (TPSA) is 58.6 Å². The van der Waals surface area contributed by atoms with Crippen molar-refractivity contribution in [2.24, 2.45) is 0 Å². The number of nitrogens with zero attached hydrogens (tertiary/aromatic N) is 2. The van der Waals surface area contributed by atoms with Crippen molar-refractivity contribution in [3.8, 4) is 0 Å². The highest BCUT2D eigenvalue weighted by molar-refractivity contribution is 6.30. The third-order valence-electron chi connectivity index (χ3n) is 2.06. The number of carbonyl (C=O) groups excluding carboxylic acids is 1. The van der Waals surface area contributed by atoms with E-state index in [1.54, 1.807) is 0 Å². The molecule has 0 bridgehead atoms. The average molecular weight is 240 g/mol. The summed E-state index contributed by atoms with van der Waals surface area (Å²) < 4.78 is 13.3. The Morgan fingerprint density at radius 3 is 3.00 bits per heavy atom. The number of hydrogen-bond acceptors (Lipinski definition) is 3. The predicted molar refractivity (Wildman–Crippen MR) is 55.8 cm³/mol. The lowest BCUT2D eigenvalue weighted by Gasteiger charge is -2.01. The van der Waals surface area contributed by atoms with Gasteiger partial charge < -0.3 is 0 Å². The van der Waals surface area contributed by atoms with Crippen LogP contribution in [0.15, 0.2) is 24.4 Å². The van der Waals surface area contributed by atoms with Crippen LogP contribution in [0.2, 0.25) is 5.02 Å². The van der Waals surface area contributed by atoms with E-state index in [9.17, 15) is 9.18 Å². The molecule has 16 heavy (non-hydrogen) atoms. The normalized spacial score (nSPS) is 10.4. The molecule has 1 N–H and O–H groups in total. The molecule has 0 aliphatic heterocycles. The maximum Gasteiger partial charge on any atom is 0.189 e. The first-order chi connectivity index (χ1) is 7.66. The highest BCUT2D eigenvalue weighted by atomic mass is 35.5. The van der Waals surface area contributed by atoms with Gasteiger partial charge in [0.1, 0.15) is 11.5 Å². The number of aromatic nitrogens is 3. The number of halogens is 2. The van der Waals surface area contributed by atoms with Gasteiger partial charge in [0.25, 0.3) is 0 Å². The molecule has 2 rings (SSSR count). The molecule has 1 aromatic heterocycles. The zero-order valence-corrected chi connectivity index (χ0v) is 8.83. The third-order valence-corrected chi connectivity index (χ3v) is 2.29. The fourth-order valence-corrected chi connectivity index (χ4v) is 1.47. The molecule has 0 saturated heterocycles. The average Bonchev–Trinajstić information content (AvgIpc) is 2.76. The monoisotopic (exact) mass is 239 g/mol. The second-order valence-electron chi connectivity index (χ2n) is 3.19. The molecular weight excluding hydrogens is 233 g/mol. The van der Waals surface area contributed by atoms with Gasteiger partial charge in [0.15, 0.2) is 5.78 Å². The summed E-state index contributed by atoms with van der Waals surface area (Å²) in [6.07, 6.45) is 1.21. The van der Waals surface area contributed by atoms with E-state index >= 15 is 0 Å². The molecule has 1 heterocycles. The quantitative estimate of drug-likeness (QED) is 0.834. The van der Waals surface area contributed by atoms with E-state index in [1.807, 2.05) is 0 Å². The van der Waals surface area contributed by atoms with Gasteiger partial charge in [-0.25, -0.2) is 4.39 Å². The van der Waals surface area contributed by atoms with Gasteiger partial charge >= 0.3 is 0 Å². The summed E-state index contributed by atoms with van der Waals surface area (Å²) in [5, 5.41) is 9.85. The summed E-state index contributed by atoms with van der Waals surface area (Å²) in [7, 11) is 0. The summed E-state index contributed by atoms with van der Waals surface area (Å²) in [5.74, 6) is -0.767. The fraction of sp³-hybridized carbons (Fsp3) is 0.100. The first kappa shape index (κ1) is 10.8. The number of aromatic amines is 1. The van der Waals surface area contributed by atoms with E-state index < -0.39 is 5.82 Å². The fourth-order valence-electron chi connectivity index (χ4n) is 1.28. The predicted octanol–water partition coefficient (Wildman–Crippen LogP) is 2.02. The Hall–Kier alpha value is -1.75. The van der Waals surface area contributed by atoms with Gasteiger partial charge in [0.2, 0.25) is 0 Å². The SMILES string of the molecule is O=C(Cc1cc(Cl)ccc1F)c1cn[nH]n1. The minimum Gasteiger partial charge on any atom is -0.292 e. The Morgan fingerprint density at radius 2 is 2.31 bits per heavy atom. The van der Waals surface area contributed by atoms with Crippen LogP contribution in [0.25, 0.3) is 0 Å². The number of Topliss-reactive ketones (excluding diaryl/α,β-unsaturated/α-hetero) is 1.